The number of aromatic nitrogens is 3. The minimum atomic E-state index is -0.249. The number of ether oxygens (including phenoxy) is 2. The third-order valence-electron chi connectivity index (χ3n) is 4.25. The summed E-state index contributed by atoms with van der Waals surface area (Å²) in [7, 11) is 3.17. The summed E-state index contributed by atoms with van der Waals surface area (Å²) in [4.78, 5) is 25.3. The molecular formula is C20H18N4O3S. The van der Waals surface area contributed by atoms with Crippen molar-refractivity contribution in [1.82, 2.24) is 15.0 Å². The van der Waals surface area contributed by atoms with Crippen LogP contribution in [0.1, 0.15) is 15.4 Å². The Labute approximate surface area is 165 Å². The molecule has 2 N–H and O–H groups in total. The third-order valence-corrected chi connectivity index (χ3v) is 5.46. The molecule has 7 nitrogen and oxygen atoms in total. The Kier molecular flexibility index (Phi) is 4.70. The molecule has 8 heteroatoms. The number of para-hydroxylation sites is 2. The van der Waals surface area contributed by atoms with E-state index in [1.165, 1.54) is 11.3 Å². The van der Waals surface area contributed by atoms with Crippen molar-refractivity contribution in [1.29, 1.82) is 0 Å². The maximum absolute atomic E-state index is 12.7. The van der Waals surface area contributed by atoms with Gasteiger partial charge in [-0.25, -0.2) is 9.97 Å². The molecular weight excluding hydrogens is 376 g/mol. The average Bonchev–Trinajstić information content (AvgIpc) is 3.30. The van der Waals surface area contributed by atoms with E-state index in [1.807, 2.05) is 49.4 Å². The molecule has 0 spiro atoms. The van der Waals surface area contributed by atoms with Crippen LogP contribution in [0.15, 0.2) is 42.5 Å². The van der Waals surface area contributed by atoms with Crippen molar-refractivity contribution in [3.05, 3.63) is 53.0 Å². The topological polar surface area (TPSA) is 89.1 Å². The fourth-order valence-corrected chi connectivity index (χ4v) is 3.83. The molecule has 0 fully saturated rings. The number of thiazole rings is 1. The van der Waals surface area contributed by atoms with Crippen molar-refractivity contribution in [2.24, 2.45) is 0 Å². The van der Waals surface area contributed by atoms with Crippen LogP contribution in [0.2, 0.25) is 0 Å². The number of methoxy groups -OCH3 is 2. The highest BCUT2D eigenvalue weighted by molar-refractivity contribution is 7.17. The SMILES string of the molecule is COc1ccc(-c2nc(C)c(C(=O)Nc3nc4ccccc4[nH]3)s2)cc1OC. The van der Waals surface area contributed by atoms with Gasteiger partial charge in [0.25, 0.3) is 5.91 Å². The van der Waals surface area contributed by atoms with E-state index in [4.69, 9.17) is 9.47 Å². The Morgan fingerprint density at radius 1 is 1.07 bits per heavy atom. The molecule has 4 aromatic rings. The Balaban J connectivity index is 1.61. The summed E-state index contributed by atoms with van der Waals surface area (Å²) in [5, 5.41) is 3.54. The minimum absolute atomic E-state index is 0.249. The highest BCUT2D eigenvalue weighted by Gasteiger charge is 2.18. The van der Waals surface area contributed by atoms with Crippen LogP contribution in [0.4, 0.5) is 5.95 Å². The number of nitrogens with one attached hydrogen (secondary N) is 2. The molecule has 4 rings (SSSR count). The molecule has 0 saturated carbocycles. The quantitative estimate of drug-likeness (QED) is 0.528. The molecule has 142 valence electrons. The van der Waals surface area contributed by atoms with E-state index in [0.29, 0.717) is 28.0 Å². The lowest BCUT2D eigenvalue weighted by Gasteiger charge is -2.08. The van der Waals surface area contributed by atoms with Gasteiger partial charge in [-0.3, -0.25) is 10.1 Å². The normalized spacial score (nSPS) is 10.8. The van der Waals surface area contributed by atoms with Gasteiger partial charge in [0.1, 0.15) is 9.88 Å². The van der Waals surface area contributed by atoms with Gasteiger partial charge in [-0.05, 0) is 37.3 Å². The van der Waals surface area contributed by atoms with Gasteiger partial charge in [-0.1, -0.05) is 12.1 Å². The van der Waals surface area contributed by atoms with Gasteiger partial charge in [-0.15, -0.1) is 11.3 Å². The summed E-state index contributed by atoms with van der Waals surface area (Å²) in [6.07, 6.45) is 0. The Morgan fingerprint density at radius 3 is 2.61 bits per heavy atom. The summed E-state index contributed by atoms with van der Waals surface area (Å²) in [5.41, 5.74) is 3.17. The molecule has 2 aromatic carbocycles. The van der Waals surface area contributed by atoms with Crippen LogP contribution in [0.3, 0.4) is 0 Å². The smallest absolute Gasteiger partial charge is 0.269 e. The summed E-state index contributed by atoms with van der Waals surface area (Å²) < 4.78 is 10.6. The van der Waals surface area contributed by atoms with Crippen LogP contribution in [-0.4, -0.2) is 35.1 Å². The number of fused-ring (bicyclic) bond motifs is 1. The van der Waals surface area contributed by atoms with E-state index < -0.39 is 0 Å². The zero-order valence-electron chi connectivity index (χ0n) is 15.6. The van der Waals surface area contributed by atoms with Gasteiger partial charge in [-0.2, -0.15) is 0 Å². The van der Waals surface area contributed by atoms with Crippen molar-refractivity contribution in [2.45, 2.75) is 6.92 Å². The summed E-state index contributed by atoms with van der Waals surface area (Å²) >= 11 is 1.32. The third kappa shape index (κ3) is 3.29. The summed E-state index contributed by atoms with van der Waals surface area (Å²) in [6.45, 7) is 1.81. The number of hydrogen-bond donors (Lipinski definition) is 2. The van der Waals surface area contributed by atoms with Crippen molar-refractivity contribution >= 4 is 34.2 Å². The largest absolute Gasteiger partial charge is 0.493 e. The Morgan fingerprint density at radius 2 is 1.86 bits per heavy atom. The van der Waals surface area contributed by atoms with Crippen LogP contribution in [0, 0.1) is 6.92 Å². The van der Waals surface area contributed by atoms with E-state index in [9.17, 15) is 4.79 Å². The second-order valence-electron chi connectivity index (χ2n) is 6.06. The Bertz CT molecular complexity index is 1130. The van der Waals surface area contributed by atoms with E-state index >= 15 is 0 Å². The van der Waals surface area contributed by atoms with Gasteiger partial charge < -0.3 is 14.5 Å². The number of hydrogen-bond acceptors (Lipinski definition) is 6. The summed E-state index contributed by atoms with van der Waals surface area (Å²) in [6, 6.07) is 13.2. The number of rotatable bonds is 5. The lowest BCUT2D eigenvalue weighted by Crippen LogP contribution is -2.12. The molecule has 0 saturated heterocycles. The number of H-pyrrole nitrogens is 1. The molecule has 2 aromatic heterocycles. The fourth-order valence-electron chi connectivity index (χ4n) is 2.88. The van der Waals surface area contributed by atoms with Gasteiger partial charge in [0, 0.05) is 5.56 Å². The molecule has 0 unspecified atom stereocenters. The molecule has 0 radical (unpaired) electrons. The van der Waals surface area contributed by atoms with Crippen LogP contribution in [0.5, 0.6) is 11.5 Å². The first-order chi connectivity index (χ1) is 13.6. The first kappa shape index (κ1) is 18.0. The standard InChI is InChI=1S/C20H18N4O3S/c1-11-17(18(25)24-20-22-13-6-4-5-7-14(13)23-20)28-19(21-11)12-8-9-15(26-2)16(10-12)27-3/h4-10H,1-3H3,(H2,22,23,24,25). The van der Waals surface area contributed by atoms with Crippen molar-refractivity contribution < 1.29 is 14.3 Å². The second kappa shape index (κ2) is 7.32. The highest BCUT2D eigenvalue weighted by Crippen LogP contribution is 2.35. The van der Waals surface area contributed by atoms with Crippen molar-refractivity contribution in [3.63, 3.8) is 0 Å². The molecule has 2 heterocycles. The number of imidazole rings is 1. The fraction of sp³-hybridized carbons (Fsp3) is 0.150. The monoisotopic (exact) mass is 394 g/mol. The van der Waals surface area contributed by atoms with Crippen LogP contribution >= 0.6 is 11.3 Å². The number of carbonyl (C=O) groups excluding carboxylic acids is 1. The van der Waals surface area contributed by atoms with Crippen LogP contribution in [0.25, 0.3) is 21.6 Å². The Hall–Kier alpha value is -3.39. The lowest BCUT2D eigenvalue weighted by molar-refractivity contribution is 0.102. The first-order valence-electron chi connectivity index (χ1n) is 8.55. The molecule has 0 aliphatic carbocycles. The minimum Gasteiger partial charge on any atom is -0.493 e. The zero-order valence-corrected chi connectivity index (χ0v) is 16.4. The molecule has 0 atom stereocenters. The molecule has 0 bridgehead atoms. The molecule has 28 heavy (non-hydrogen) atoms. The van der Waals surface area contributed by atoms with E-state index in [0.717, 1.165) is 21.6 Å². The molecule has 1 amide bonds. The number of aromatic amines is 1. The number of anilines is 1. The number of amides is 1. The maximum atomic E-state index is 12.7. The van der Waals surface area contributed by atoms with Gasteiger partial charge in [0.2, 0.25) is 5.95 Å². The van der Waals surface area contributed by atoms with Crippen LogP contribution < -0.4 is 14.8 Å². The predicted molar refractivity (Wildman–Crippen MR) is 109 cm³/mol. The van der Waals surface area contributed by atoms with E-state index in [1.54, 1.807) is 14.2 Å². The summed E-state index contributed by atoms with van der Waals surface area (Å²) in [5.74, 6) is 1.41. The second-order valence-corrected chi connectivity index (χ2v) is 7.06. The van der Waals surface area contributed by atoms with Crippen molar-refractivity contribution in [2.75, 3.05) is 19.5 Å². The number of nitrogens with zero attached hydrogens (tertiary/aromatic N) is 2. The lowest BCUT2D eigenvalue weighted by atomic mass is 10.2. The zero-order chi connectivity index (χ0) is 19.7. The average molecular weight is 394 g/mol. The van der Waals surface area contributed by atoms with Crippen LogP contribution in [-0.2, 0) is 0 Å². The number of aryl methyl sites for hydroxylation is 1. The van der Waals surface area contributed by atoms with Crippen molar-refractivity contribution in [3.8, 4) is 22.1 Å². The number of benzene rings is 2. The van der Waals surface area contributed by atoms with Gasteiger partial charge >= 0.3 is 0 Å². The first-order valence-corrected chi connectivity index (χ1v) is 9.36. The van der Waals surface area contributed by atoms with E-state index in [-0.39, 0.29) is 5.91 Å². The molecule has 0 aliphatic rings. The van der Waals surface area contributed by atoms with E-state index in [2.05, 4.69) is 20.3 Å². The predicted octanol–water partition coefficient (Wildman–Crippen LogP) is 4.26. The maximum Gasteiger partial charge on any atom is 0.269 e. The number of carbonyl (C=O) groups is 1. The van der Waals surface area contributed by atoms with Gasteiger partial charge in [0.05, 0.1) is 30.9 Å². The van der Waals surface area contributed by atoms with Gasteiger partial charge in [0.15, 0.2) is 11.5 Å². The molecule has 0 aliphatic heterocycles. The highest BCUT2D eigenvalue weighted by atomic mass is 32.1.